The maximum atomic E-state index is 5.42. The Bertz CT molecular complexity index is 572. The van der Waals surface area contributed by atoms with Crippen LogP contribution in [0.5, 0.6) is 5.75 Å². The molecule has 2 nitrogen and oxygen atoms in total. The molecule has 0 saturated carbocycles. The minimum absolute atomic E-state index is 0.0337. The largest absolute Gasteiger partial charge is 0.494 e. The molecule has 0 bridgehead atoms. The van der Waals surface area contributed by atoms with E-state index in [2.05, 4.69) is 48.8 Å². The lowest BCUT2D eigenvalue weighted by Crippen LogP contribution is -2.14. The van der Waals surface area contributed by atoms with E-state index in [1.165, 1.54) is 5.56 Å². The first-order chi connectivity index (χ1) is 8.47. The fourth-order valence-corrected chi connectivity index (χ4v) is 2.42. The van der Waals surface area contributed by atoms with Gasteiger partial charge < -0.3 is 4.74 Å². The standard InChI is InChI=1S/C15H18BrNO/c1-15(2,3)13-8-10(9-16)11-6-5-7-12(18-4)14(11)17-13/h5-8H,9H2,1-4H3. The van der Waals surface area contributed by atoms with Gasteiger partial charge in [0.25, 0.3) is 0 Å². The summed E-state index contributed by atoms with van der Waals surface area (Å²) in [5.74, 6) is 0.834. The van der Waals surface area contributed by atoms with Crippen LogP contribution in [0.4, 0.5) is 0 Å². The Morgan fingerprint density at radius 3 is 2.56 bits per heavy atom. The summed E-state index contributed by atoms with van der Waals surface area (Å²) in [6.07, 6.45) is 0. The average molecular weight is 308 g/mol. The van der Waals surface area contributed by atoms with Crippen molar-refractivity contribution in [3.63, 3.8) is 0 Å². The van der Waals surface area contributed by atoms with Gasteiger partial charge in [-0.25, -0.2) is 4.98 Å². The van der Waals surface area contributed by atoms with Gasteiger partial charge in [-0.15, -0.1) is 0 Å². The van der Waals surface area contributed by atoms with Crippen LogP contribution in [0.2, 0.25) is 0 Å². The molecule has 2 rings (SSSR count). The number of methoxy groups -OCH3 is 1. The molecule has 0 aliphatic carbocycles. The number of benzene rings is 1. The lowest BCUT2D eigenvalue weighted by molar-refractivity contribution is 0.418. The molecule has 0 N–H and O–H groups in total. The Morgan fingerprint density at radius 1 is 1.28 bits per heavy atom. The van der Waals surface area contributed by atoms with Crippen LogP contribution >= 0.6 is 15.9 Å². The number of halogens is 1. The lowest BCUT2D eigenvalue weighted by atomic mass is 9.90. The molecule has 0 aliphatic rings. The van der Waals surface area contributed by atoms with Gasteiger partial charge in [-0.05, 0) is 17.7 Å². The average Bonchev–Trinajstić information content (AvgIpc) is 2.35. The van der Waals surface area contributed by atoms with Crippen molar-refractivity contribution in [2.75, 3.05) is 7.11 Å². The first-order valence-electron chi connectivity index (χ1n) is 6.00. The van der Waals surface area contributed by atoms with Crippen molar-refractivity contribution in [3.8, 4) is 5.75 Å². The third kappa shape index (κ3) is 2.37. The molecular weight excluding hydrogens is 290 g/mol. The minimum atomic E-state index is 0.0337. The van der Waals surface area contributed by atoms with Crippen LogP contribution in [0.25, 0.3) is 10.9 Å². The molecule has 0 spiro atoms. The van der Waals surface area contributed by atoms with Crippen LogP contribution in [0, 0.1) is 0 Å². The van der Waals surface area contributed by atoms with Gasteiger partial charge in [0, 0.05) is 21.8 Å². The van der Waals surface area contributed by atoms with E-state index in [9.17, 15) is 0 Å². The Balaban J connectivity index is 2.80. The zero-order valence-corrected chi connectivity index (χ0v) is 12.8. The highest BCUT2D eigenvalue weighted by Crippen LogP contribution is 2.31. The van der Waals surface area contributed by atoms with Gasteiger partial charge in [0.1, 0.15) is 11.3 Å². The minimum Gasteiger partial charge on any atom is -0.494 e. The van der Waals surface area contributed by atoms with E-state index >= 15 is 0 Å². The predicted molar refractivity (Wildman–Crippen MR) is 79.6 cm³/mol. The topological polar surface area (TPSA) is 22.1 Å². The van der Waals surface area contributed by atoms with Crippen LogP contribution in [-0.2, 0) is 10.7 Å². The first-order valence-corrected chi connectivity index (χ1v) is 7.12. The zero-order valence-electron chi connectivity index (χ0n) is 11.2. The summed E-state index contributed by atoms with van der Waals surface area (Å²) in [4.78, 5) is 4.78. The second-order valence-electron chi connectivity index (χ2n) is 5.41. The quantitative estimate of drug-likeness (QED) is 0.765. The molecule has 0 unspecified atom stereocenters. The highest BCUT2D eigenvalue weighted by Gasteiger charge is 2.18. The summed E-state index contributed by atoms with van der Waals surface area (Å²) in [6, 6.07) is 8.23. The number of para-hydroxylation sites is 1. The summed E-state index contributed by atoms with van der Waals surface area (Å²) >= 11 is 3.56. The van der Waals surface area contributed by atoms with Gasteiger partial charge >= 0.3 is 0 Å². The number of fused-ring (bicyclic) bond motifs is 1. The molecule has 18 heavy (non-hydrogen) atoms. The molecule has 0 saturated heterocycles. The van der Waals surface area contributed by atoms with Crippen molar-refractivity contribution >= 4 is 26.8 Å². The third-order valence-corrected chi connectivity index (χ3v) is 3.62. The molecule has 0 amide bonds. The van der Waals surface area contributed by atoms with E-state index in [0.717, 1.165) is 27.7 Å². The second kappa shape index (κ2) is 4.88. The summed E-state index contributed by atoms with van der Waals surface area (Å²) < 4.78 is 5.42. The molecule has 0 aliphatic heterocycles. The van der Waals surface area contributed by atoms with Crippen molar-refractivity contribution in [2.24, 2.45) is 0 Å². The number of ether oxygens (including phenoxy) is 1. The van der Waals surface area contributed by atoms with Crippen LogP contribution in [0.1, 0.15) is 32.0 Å². The molecule has 1 aromatic carbocycles. The van der Waals surface area contributed by atoms with Crippen molar-refractivity contribution in [3.05, 3.63) is 35.5 Å². The van der Waals surface area contributed by atoms with Gasteiger partial charge in [0.05, 0.1) is 7.11 Å². The Labute approximate surface area is 117 Å². The van der Waals surface area contributed by atoms with Crippen LogP contribution in [0.3, 0.4) is 0 Å². The number of hydrogen-bond acceptors (Lipinski definition) is 2. The van der Waals surface area contributed by atoms with Gasteiger partial charge in [-0.2, -0.15) is 0 Å². The van der Waals surface area contributed by atoms with E-state index in [1.54, 1.807) is 7.11 Å². The van der Waals surface area contributed by atoms with E-state index in [4.69, 9.17) is 9.72 Å². The number of rotatable bonds is 2. The van der Waals surface area contributed by atoms with Gasteiger partial charge in [-0.3, -0.25) is 0 Å². The van der Waals surface area contributed by atoms with Gasteiger partial charge in [0.15, 0.2) is 0 Å². The predicted octanol–water partition coefficient (Wildman–Crippen LogP) is 4.44. The number of hydrogen-bond donors (Lipinski definition) is 0. The van der Waals surface area contributed by atoms with Crippen molar-refractivity contribution in [2.45, 2.75) is 31.5 Å². The molecule has 1 heterocycles. The fourth-order valence-electron chi connectivity index (χ4n) is 1.95. The second-order valence-corrected chi connectivity index (χ2v) is 5.97. The summed E-state index contributed by atoms with van der Waals surface area (Å²) in [5, 5.41) is 1.97. The monoisotopic (exact) mass is 307 g/mol. The molecule has 3 heteroatoms. The Kier molecular flexibility index (Phi) is 3.62. The van der Waals surface area contributed by atoms with E-state index < -0.39 is 0 Å². The van der Waals surface area contributed by atoms with Crippen molar-refractivity contribution in [1.29, 1.82) is 0 Å². The third-order valence-electron chi connectivity index (χ3n) is 3.02. The van der Waals surface area contributed by atoms with E-state index in [-0.39, 0.29) is 5.41 Å². The van der Waals surface area contributed by atoms with Gasteiger partial charge in [0.2, 0.25) is 0 Å². The summed E-state index contributed by atoms with van der Waals surface area (Å²) in [7, 11) is 1.69. The first kappa shape index (κ1) is 13.3. The van der Waals surface area contributed by atoms with Crippen LogP contribution in [-0.4, -0.2) is 12.1 Å². The molecule has 0 radical (unpaired) electrons. The number of pyridine rings is 1. The maximum absolute atomic E-state index is 5.42. The molecule has 0 atom stereocenters. The van der Waals surface area contributed by atoms with Crippen molar-refractivity contribution in [1.82, 2.24) is 4.98 Å². The summed E-state index contributed by atoms with van der Waals surface area (Å²) in [5.41, 5.74) is 3.33. The molecule has 1 aromatic heterocycles. The normalized spacial score (nSPS) is 11.8. The maximum Gasteiger partial charge on any atom is 0.145 e. The highest BCUT2D eigenvalue weighted by molar-refractivity contribution is 9.08. The van der Waals surface area contributed by atoms with Gasteiger partial charge in [-0.1, -0.05) is 48.8 Å². The SMILES string of the molecule is COc1cccc2c(CBr)cc(C(C)(C)C)nc12. The molecule has 2 aromatic rings. The molecule has 96 valence electrons. The molecular formula is C15H18BrNO. The van der Waals surface area contributed by atoms with E-state index in [1.807, 2.05) is 12.1 Å². The number of aromatic nitrogens is 1. The Morgan fingerprint density at radius 2 is 2.00 bits per heavy atom. The van der Waals surface area contributed by atoms with Crippen LogP contribution < -0.4 is 4.74 Å². The molecule has 0 fully saturated rings. The fraction of sp³-hybridized carbons (Fsp3) is 0.400. The smallest absolute Gasteiger partial charge is 0.145 e. The summed E-state index contributed by atoms with van der Waals surface area (Å²) in [6.45, 7) is 6.53. The van der Waals surface area contributed by atoms with Crippen molar-refractivity contribution < 1.29 is 4.74 Å². The lowest BCUT2D eigenvalue weighted by Gasteiger charge is -2.20. The number of alkyl halides is 1. The Hall–Kier alpha value is -1.09. The van der Waals surface area contributed by atoms with E-state index in [0.29, 0.717) is 0 Å². The zero-order chi connectivity index (χ0) is 13.3. The highest BCUT2D eigenvalue weighted by atomic mass is 79.9. The van der Waals surface area contributed by atoms with Crippen LogP contribution in [0.15, 0.2) is 24.3 Å². The number of nitrogens with zero attached hydrogens (tertiary/aromatic N) is 1.